The number of hydrogen-bond acceptors (Lipinski definition) is 4. The van der Waals surface area contributed by atoms with Crippen molar-refractivity contribution in [3.8, 4) is 5.75 Å². The zero-order valence-corrected chi connectivity index (χ0v) is 21.2. The molecular formula is C24H31BrN2O3S. The fraction of sp³-hybridized carbons (Fsp3) is 0.417. The number of benzene rings is 2. The number of thioether (sulfide) groups is 1. The Hall–Kier alpha value is -1.99. The molecule has 168 valence electrons. The summed E-state index contributed by atoms with van der Waals surface area (Å²) in [6.07, 6.45) is 0. The van der Waals surface area contributed by atoms with Crippen LogP contribution in [0, 0.1) is 0 Å². The lowest BCUT2D eigenvalue weighted by molar-refractivity contribution is -0.139. The van der Waals surface area contributed by atoms with E-state index in [9.17, 15) is 9.59 Å². The molecule has 0 aliphatic carbocycles. The Balaban J connectivity index is 2.11. The highest BCUT2D eigenvalue weighted by Gasteiger charge is 2.28. The monoisotopic (exact) mass is 506 g/mol. The summed E-state index contributed by atoms with van der Waals surface area (Å²) >= 11 is 4.98. The minimum Gasteiger partial charge on any atom is -0.497 e. The molecule has 31 heavy (non-hydrogen) atoms. The SMILES string of the molecule is COc1cccc(CN(C(=O)CSCc2ccc(Br)cc2)[C@H](C)C(=O)NC(C)(C)C)c1. The fourth-order valence-corrected chi connectivity index (χ4v) is 4.08. The van der Waals surface area contributed by atoms with E-state index in [2.05, 4.69) is 21.2 Å². The number of hydrogen-bond donors (Lipinski definition) is 1. The molecule has 2 rings (SSSR count). The second-order valence-electron chi connectivity index (χ2n) is 8.41. The van der Waals surface area contributed by atoms with Gasteiger partial charge < -0.3 is 15.0 Å². The lowest BCUT2D eigenvalue weighted by Gasteiger charge is -2.31. The molecule has 0 fully saturated rings. The van der Waals surface area contributed by atoms with Crippen molar-refractivity contribution in [1.29, 1.82) is 0 Å². The molecule has 0 aliphatic heterocycles. The quantitative estimate of drug-likeness (QED) is 0.518. The summed E-state index contributed by atoms with van der Waals surface area (Å²) in [6, 6.07) is 15.0. The van der Waals surface area contributed by atoms with Crippen molar-refractivity contribution in [3.05, 3.63) is 64.1 Å². The van der Waals surface area contributed by atoms with Crippen LogP contribution in [0.15, 0.2) is 53.0 Å². The van der Waals surface area contributed by atoms with Crippen molar-refractivity contribution in [3.63, 3.8) is 0 Å². The lowest BCUT2D eigenvalue weighted by Crippen LogP contribution is -2.52. The maximum atomic E-state index is 13.1. The molecule has 0 spiro atoms. The van der Waals surface area contributed by atoms with Gasteiger partial charge in [-0.05, 0) is 63.1 Å². The molecule has 2 aromatic carbocycles. The van der Waals surface area contributed by atoms with Crippen LogP contribution in [0.4, 0.5) is 0 Å². The summed E-state index contributed by atoms with van der Waals surface area (Å²) in [4.78, 5) is 27.6. The Labute approximate surface area is 198 Å². The van der Waals surface area contributed by atoms with Crippen LogP contribution in [0.25, 0.3) is 0 Å². The number of amides is 2. The van der Waals surface area contributed by atoms with Gasteiger partial charge in [0.2, 0.25) is 11.8 Å². The standard InChI is InChI=1S/C24H31BrN2O3S/c1-17(23(29)26-24(2,3)4)27(14-19-7-6-8-21(13-19)30-5)22(28)16-31-15-18-9-11-20(25)12-10-18/h6-13,17H,14-16H2,1-5H3,(H,26,29)/t17-/m1/s1. The van der Waals surface area contributed by atoms with Gasteiger partial charge in [-0.2, -0.15) is 0 Å². The fourth-order valence-electron chi connectivity index (χ4n) is 2.94. The number of carbonyl (C=O) groups excluding carboxylic acids is 2. The van der Waals surface area contributed by atoms with Crippen molar-refractivity contribution in [1.82, 2.24) is 10.2 Å². The predicted octanol–water partition coefficient (Wildman–Crippen LogP) is 5.02. The van der Waals surface area contributed by atoms with Crippen molar-refractivity contribution in [2.75, 3.05) is 12.9 Å². The van der Waals surface area contributed by atoms with E-state index in [1.807, 2.05) is 69.3 Å². The summed E-state index contributed by atoms with van der Waals surface area (Å²) in [5, 5.41) is 2.98. The number of ether oxygens (including phenoxy) is 1. The molecule has 2 aromatic rings. The molecule has 0 aromatic heterocycles. The normalized spacial score (nSPS) is 12.2. The number of halogens is 1. The summed E-state index contributed by atoms with van der Waals surface area (Å²) in [6.45, 7) is 7.91. The Morgan fingerprint density at radius 3 is 2.42 bits per heavy atom. The van der Waals surface area contributed by atoms with E-state index in [1.54, 1.807) is 30.7 Å². The Morgan fingerprint density at radius 2 is 1.81 bits per heavy atom. The third kappa shape index (κ3) is 8.57. The molecule has 0 unspecified atom stereocenters. The zero-order chi connectivity index (χ0) is 23.0. The highest BCUT2D eigenvalue weighted by molar-refractivity contribution is 9.10. The van der Waals surface area contributed by atoms with Gasteiger partial charge in [0.25, 0.3) is 0 Å². The summed E-state index contributed by atoms with van der Waals surface area (Å²) in [5.74, 6) is 1.52. The van der Waals surface area contributed by atoms with Crippen LogP contribution in [0.2, 0.25) is 0 Å². The first-order valence-electron chi connectivity index (χ1n) is 10.2. The maximum Gasteiger partial charge on any atom is 0.242 e. The van der Waals surface area contributed by atoms with E-state index < -0.39 is 6.04 Å². The average Bonchev–Trinajstić information content (AvgIpc) is 2.71. The molecule has 0 saturated carbocycles. The zero-order valence-electron chi connectivity index (χ0n) is 18.8. The van der Waals surface area contributed by atoms with Gasteiger partial charge in [0.15, 0.2) is 0 Å². The molecule has 0 bridgehead atoms. The molecule has 1 atom stereocenters. The number of nitrogens with one attached hydrogen (secondary N) is 1. The first-order valence-corrected chi connectivity index (χ1v) is 12.1. The van der Waals surface area contributed by atoms with Crippen LogP contribution in [-0.4, -0.2) is 41.2 Å². The van der Waals surface area contributed by atoms with Crippen molar-refractivity contribution in [2.24, 2.45) is 0 Å². The smallest absolute Gasteiger partial charge is 0.242 e. The molecule has 5 nitrogen and oxygen atoms in total. The maximum absolute atomic E-state index is 13.1. The topological polar surface area (TPSA) is 58.6 Å². The Kier molecular flexibility index (Phi) is 9.44. The lowest BCUT2D eigenvalue weighted by atomic mass is 10.1. The number of methoxy groups -OCH3 is 1. The van der Waals surface area contributed by atoms with Gasteiger partial charge in [-0.25, -0.2) is 0 Å². The van der Waals surface area contributed by atoms with Crippen LogP contribution in [0.1, 0.15) is 38.8 Å². The summed E-state index contributed by atoms with van der Waals surface area (Å²) < 4.78 is 6.33. The Bertz CT molecular complexity index is 881. The molecule has 0 aliphatic rings. The predicted molar refractivity (Wildman–Crippen MR) is 131 cm³/mol. The van der Waals surface area contributed by atoms with Crippen LogP contribution >= 0.6 is 27.7 Å². The number of nitrogens with zero attached hydrogens (tertiary/aromatic N) is 1. The van der Waals surface area contributed by atoms with Crippen molar-refractivity contribution >= 4 is 39.5 Å². The van der Waals surface area contributed by atoms with Gasteiger partial charge in [0, 0.05) is 22.3 Å². The van der Waals surface area contributed by atoms with Gasteiger partial charge in [-0.1, -0.05) is 40.2 Å². The van der Waals surface area contributed by atoms with E-state index in [0.717, 1.165) is 27.1 Å². The molecule has 7 heteroatoms. The highest BCUT2D eigenvalue weighted by atomic mass is 79.9. The highest BCUT2D eigenvalue weighted by Crippen LogP contribution is 2.20. The van der Waals surface area contributed by atoms with Crippen molar-refractivity contribution in [2.45, 2.75) is 51.6 Å². The van der Waals surface area contributed by atoms with E-state index in [-0.39, 0.29) is 17.4 Å². The third-order valence-electron chi connectivity index (χ3n) is 4.56. The third-order valence-corrected chi connectivity index (χ3v) is 6.08. The minimum absolute atomic E-state index is 0.0681. The van der Waals surface area contributed by atoms with Crippen molar-refractivity contribution < 1.29 is 14.3 Å². The van der Waals surface area contributed by atoms with E-state index >= 15 is 0 Å². The first kappa shape index (κ1) is 25.3. The van der Waals surface area contributed by atoms with Crippen LogP contribution in [-0.2, 0) is 21.9 Å². The van der Waals surface area contributed by atoms with Gasteiger partial charge in [0.1, 0.15) is 11.8 Å². The van der Waals surface area contributed by atoms with Gasteiger partial charge in [-0.3, -0.25) is 9.59 Å². The van der Waals surface area contributed by atoms with Crippen LogP contribution in [0.5, 0.6) is 5.75 Å². The first-order chi connectivity index (χ1) is 14.6. The van der Waals surface area contributed by atoms with Crippen LogP contribution < -0.4 is 10.1 Å². The minimum atomic E-state index is -0.591. The van der Waals surface area contributed by atoms with Crippen LogP contribution in [0.3, 0.4) is 0 Å². The molecule has 0 saturated heterocycles. The van der Waals surface area contributed by atoms with E-state index in [1.165, 1.54) is 0 Å². The second kappa shape index (κ2) is 11.6. The summed E-state index contributed by atoms with van der Waals surface area (Å²) in [7, 11) is 1.61. The Morgan fingerprint density at radius 1 is 1.13 bits per heavy atom. The van der Waals surface area contributed by atoms with Gasteiger partial charge in [-0.15, -0.1) is 11.8 Å². The summed E-state index contributed by atoms with van der Waals surface area (Å²) in [5.41, 5.74) is 1.70. The van der Waals surface area contributed by atoms with Gasteiger partial charge >= 0.3 is 0 Å². The molecule has 0 heterocycles. The molecule has 0 radical (unpaired) electrons. The largest absolute Gasteiger partial charge is 0.497 e. The molecule has 1 N–H and O–H groups in total. The van der Waals surface area contributed by atoms with E-state index in [0.29, 0.717) is 12.3 Å². The van der Waals surface area contributed by atoms with Gasteiger partial charge in [0.05, 0.1) is 12.9 Å². The average molecular weight is 507 g/mol. The second-order valence-corrected chi connectivity index (χ2v) is 10.3. The molecular weight excluding hydrogens is 476 g/mol. The number of rotatable bonds is 9. The number of carbonyl (C=O) groups is 2. The molecule has 2 amide bonds. The van der Waals surface area contributed by atoms with E-state index in [4.69, 9.17) is 4.74 Å².